The number of hydrogen-bond donors (Lipinski definition) is 0. The van der Waals surface area contributed by atoms with Crippen molar-refractivity contribution in [3.05, 3.63) is 52.1 Å². The van der Waals surface area contributed by atoms with Crippen LogP contribution in [-0.4, -0.2) is 9.97 Å². The third kappa shape index (κ3) is 2.11. The van der Waals surface area contributed by atoms with Gasteiger partial charge in [-0.2, -0.15) is 0 Å². The number of hydrogen-bond acceptors (Lipinski definition) is 3. The van der Waals surface area contributed by atoms with E-state index in [0.29, 0.717) is 5.69 Å². The Balaban J connectivity index is 2.56. The molecule has 6 heteroatoms. The molecule has 0 N–H and O–H groups in total. The van der Waals surface area contributed by atoms with Crippen molar-refractivity contribution < 1.29 is 0 Å². The van der Waals surface area contributed by atoms with E-state index in [9.17, 15) is 0 Å². The van der Waals surface area contributed by atoms with E-state index in [1.54, 1.807) is 0 Å². The third-order valence-electron chi connectivity index (χ3n) is 1.91. The van der Waals surface area contributed by atoms with Gasteiger partial charge in [0.15, 0.2) is 5.15 Å². The molecular weight excluding hydrogens is 226 g/mol. The van der Waals surface area contributed by atoms with Gasteiger partial charge in [0.1, 0.15) is 11.5 Å². The zero-order valence-corrected chi connectivity index (χ0v) is 8.83. The Morgan fingerprint density at radius 1 is 1.25 bits per heavy atom. The van der Waals surface area contributed by atoms with Crippen LogP contribution < -0.4 is 0 Å². The van der Waals surface area contributed by atoms with Crippen LogP contribution in [-0.2, 0) is 0 Å². The summed E-state index contributed by atoms with van der Waals surface area (Å²) in [6.07, 6.45) is 1.33. The largest absolute Gasteiger partial charge is 0.241 e. The lowest BCUT2D eigenvalue weighted by Gasteiger charge is -2.02. The molecule has 1 heterocycles. The molecule has 0 aliphatic heterocycles. The molecule has 0 amide bonds. The topological polar surface area (TPSA) is 74.5 Å². The lowest BCUT2D eigenvalue weighted by atomic mass is 10.2. The van der Waals surface area contributed by atoms with Gasteiger partial charge in [0.05, 0.1) is 6.20 Å². The molecule has 0 saturated heterocycles. The maximum absolute atomic E-state index is 8.31. The summed E-state index contributed by atoms with van der Waals surface area (Å²) in [6, 6.07) is 9.34. The van der Waals surface area contributed by atoms with Crippen LogP contribution in [0.3, 0.4) is 0 Å². The number of azide groups is 1. The van der Waals surface area contributed by atoms with Gasteiger partial charge in [-0.1, -0.05) is 41.9 Å². The number of benzene rings is 1. The van der Waals surface area contributed by atoms with E-state index in [4.69, 9.17) is 17.1 Å². The van der Waals surface area contributed by atoms with Crippen molar-refractivity contribution >= 4 is 17.4 Å². The van der Waals surface area contributed by atoms with E-state index < -0.39 is 0 Å². The number of nitrogens with zero attached hydrogens (tertiary/aromatic N) is 5. The third-order valence-corrected chi connectivity index (χ3v) is 2.19. The van der Waals surface area contributed by atoms with Crippen LogP contribution in [0.25, 0.3) is 21.7 Å². The van der Waals surface area contributed by atoms with Gasteiger partial charge in [0.2, 0.25) is 0 Å². The van der Waals surface area contributed by atoms with E-state index in [2.05, 4.69) is 20.0 Å². The molecule has 0 saturated carbocycles. The fourth-order valence-electron chi connectivity index (χ4n) is 1.24. The minimum Gasteiger partial charge on any atom is -0.241 e. The van der Waals surface area contributed by atoms with E-state index in [1.807, 2.05) is 30.3 Å². The second-order valence-corrected chi connectivity index (χ2v) is 3.28. The summed E-state index contributed by atoms with van der Waals surface area (Å²) in [5.41, 5.74) is 9.64. The summed E-state index contributed by atoms with van der Waals surface area (Å²) >= 11 is 5.92. The van der Waals surface area contributed by atoms with Crippen LogP contribution in [0.4, 0.5) is 5.82 Å². The summed E-state index contributed by atoms with van der Waals surface area (Å²) in [5, 5.41) is 3.66. The van der Waals surface area contributed by atoms with Crippen LogP contribution in [0.5, 0.6) is 0 Å². The molecule has 78 valence electrons. The van der Waals surface area contributed by atoms with Gasteiger partial charge < -0.3 is 0 Å². The molecule has 0 bridgehead atoms. The zero-order valence-electron chi connectivity index (χ0n) is 8.08. The Kier molecular flexibility index (Phi) is 3.00. The molecule has 16 heavy (non-hydrogen) atoms. The summed E-state index contributed by atoms with van der Waals surface area (Å²) in [4.78, 5) is 10.7. The van der Waals surface area contributed by atoms with Crippen LogP contribution >= 0.6 is 11.6 Å². The van der Waals surface area contributed by atoms with Crippen molar-refractivity contribution in [2.24, 2.45) is 5.11 Å². The van der Waals surface area contributed by atoms with Crippen molar-refractivity contribution in [1.82, 2.24) is 9.97 Å². The molecule has 1 aromatic heterocycles. The first-order chi connectivity index (χ1) is 7.81. The zero-order chi connectivity index (χ0) is 11.4. The standard InChI is InChI=1S/C10H6ClN5/c11-10-9(7-4-2-1-3-5-7)14-8(6-13-10)15-16-12/h1-6H. The molecule has 0 aliphatic carbocycles. The van der Waals surface area contributed by atoms with Crippen LogP contribution in [0.15, 0.2) is 41.6 Å². The quantitative estimate of drug-likeness (QED) is 0.449. The molecule has 0 aliphatic rings. The Morgan fingerprint density at radius 2 is 2.00 bits per heavy atom. The first-order valence-electron chi connectivity index (χ1n) is 4.44. The van der Waals surface area contributed by atoms with E-state index in [1.165, 1.54) is 6.20 Å². The highest BCUT2D eigenvalue weighted by Gasteiger charge is 2.06. The highest BCUT2D eigenvalue weighted by atomic mass is 35.5. The van der Waals surface area contributed by atoms with Gasteiger partial charge >= 0.3 is 0 Å². The summed E-state index contributed by atoms with van der Waals surface area (Å²) < 4.78 is 0. The Labute approximate surface area is 96.4 Å². The molecule has 0 fully saturated rings. The lowest BCUT2D eigenvalue weighted by Crippen LogP contribution is -1.87. The first kappa shape index (κ1) is 10.4. The maximum atomic E-state index is 8.31. The second kappa shape index (κ2) is 4.61. The number of halogens is 1. The highest BCUT2D eigenvalue weighted by Crippen LogP contribution is 2.25. The molecule has 5 nitrogen and oxygen atoms in total. The molecule has 0 unspecified atom stereocenters. The average Bonchev–Trinajstić information content (AvgIpc) is 2.33. The predicted octanol–water partition coefficient (Wildman–Crippen LogP) is 3.74. The van der Waals surface area contributed by atoms with E-state index in [-0.39, 0.29) is 11.0 Å². The highest BCUT2D eigenvalue weighted by molar-refractivity contribution is 6.31. The van der Waals surface area contributed by atoms with E-state index >= 15 is 0 Å². The molecule has 0 radical (unpaired) electrons. The SMILES string of the molecule is [N-]=[N+]=Nc1cnc(Cl)c(-c2ccccc2)n1. The van der Waals surface area contributed by atoms with Crippen molar-refractivity contribution in [2.45, 2.75) is 0 Å². The predicted molar refractivity (Wildman–Crippen MR) is 61.3 cm³/mol. The summed E-state index contributed by atoms with van der Waals surface area (Å²) in [6.45, 7) is 0. The van der Waals surface area contributed by atoms with Gasteiger partial charge in [-0.25, -0.2) is 9.97 Å². The maximum Gasteiger partial charge on any atom is 0.155 e. The lowest BCUT2D eigenvalue weighted by molar-refractivity contribution is 1.17. The van der Waals surface area contributed by atoms with Crippen LogP contribution in [0.1, 0.15) is 0 Å². The van der Waals surface area contributed by atoms with Gasteiger partial charge in [-0.3, -0.25) is 0 Å². The van der Waals surface area contributed by atoms with Crippen molar-refractivity contribution in [3.63, 3.8) is 0 Å². The smallest absolute Gasteiger partial charge is 0.155 e. The molecular formula is C10H6ClN5. The van der Waals surface area contributed by atoms with Crippen molar-refractivity contribution in [1.29, 1.82) is 0 Å². The average molecular weight is 232 g/mol. The molecule has 2 rings (SSSR count). The van der Waals surface area contributed by atoms with Crippen LogP contribution in [0, 0.1) is 0 Å². The van der Waals surface area contributed by atoms with Crippen molar-refractivity contribution in [2.75, 3.05) is 0 Å². The Bertz CT molecular complexity index is 548. The number of rotatable bonds is 2. The van der Waals surface area contributed by atoms with Gasteiger partial charge in [-0.05, 0) is 10.6 Å². The normalized spacial score (nSPS) is 9.56. The number of aromatic nitrogens is 2. The van der Waals surface area contributed by atoms with Gasteiger partial charge in [0, 0.05) is 10.5 Å². The van der Waals surface area contributed by atoms with Gasteiger partial charge in [-0.15, -0.1) is 0 Å². The van der Waals surface area contributed by atoms with Gasteiger partial charge in [0.25, 0.3) is 0 Å². The summed E-state index contributed by atoms with van der Waals surface area (Å²) in [5.74, 6) is 0.200. The van der Waals surface area contributed by atoms with E-state index in [0.717, 1.165) is 5.56 Å². The van der Waals surface area contributed by atoms with Crippen LogP contribution in [0.2, 0.25) is 5.15 Å². The minimum absolute atomic E-state index is 0.200. The Hall–Kier alpha value is -2.10. The molecule has 1 aromatic carbocycles. The minimum atomic E-state index is 0.200. The summed E-state index contributed by atoms with van der Waals surface area (Å²) in [7, 11) is 0. The molecule has 0 spiro atoms. The van der Waals surface area contributed by atoms with Crippen molar-refractivity contribution in [3.8, 4) is 11.3 Å². The Morgan fingerprint density at radius 3 is 2.69 bits per heavy atom. The fraction of sp³-hybridized carbons (Fsp3) is 0. The fourth-order valence-corrected chi connectivity index (χ4v) is 1.44. The molecule has 2 aromatic rings. The first-order valence-corrected chi connectivity index (χ1v) is 4.82. The second-order valence-electron chi connectivity index (χ2n) is 2.92. The monoisotopic (exact) mass is 231 g/mol. The molecule has 0 atom stereocenters.